The molecule has 0 bridgehead atoms. The number of nitrogens with one attached hydrogen (secondary N) is 1. The number of nitrogens with zero attached hydrogens (tertiary/aromatic N) is 1. The van der Waals surface area contributed by atoms with Crippen molar-refractivity contribution in [1.82, 2.24) is 10.2 Å². The molecule has 114 valence electrons. The van der Waals surface area contributed by atoms with Crippen LogP contribution in [0.3, 0.4) is 0 Å². The molecule has 3 atom stereocenters. The van der Waals surface area contributed by atoms with E-state index in [0.717, 1.165) is 32.2 Å². The first-order valence-electron chi connectivity index (χ1n) is 7.90. The number of hydrogen-bond donors (Lipinski definition) is 1. The molecule has 0 spiro atoms. The normalized spacial score (nSPS) is 27.2. The Hall–Kier alpha value is -0.120. The summed E-state index contributed by atoms with van der Waals surface area (Å²) in [4.78, 5) is 2.51. The molecule has 0 aromatic rings. The number of rotatable bonds is 8. The van der Waals surface area contributed by atoms with E-state index in [0.29, 0.717) is 17.6 Å². The molecule has 0 aliphatic carbocycles. The zero-order valence-corrected chi connectivity index (χ0v) is 13.8. The van der Waals surface area contributed by atoms with Crippen molar-refractivity contribution in [2.45, 2.75) is 59.6 Å². The minimum Gasteiger partial charge on any atom is -0.377 e. The van der Waals surface area contributed by atoms with Gasteiger partial charge in [0.2, 0.25) is 0 Å². The molecule has 1 fully saturated rings. The van der Waals surface area contributed by atoms with Gasteiger partial charge in [-0.05, 0) is 44.7 Å². The topological polar surface area (TPSA) is 24.5 Å². The van der Waals surface area contributed by atoms with Gasteiger partial charge in [-0.2, -0.15) is 0 Å². The van der Waals surface area contributed by atoms with Crippen molar-refractivity contribution in [3.63, 3.8) is 0 Å². The van der Waals surface area contributed by atoms with Crippen molar-refractivity contribution < 1.29 is 4.74 Å². The molecule has 1 aliphatic rings. The zero-order valence-electron chi connectivity index (χ0n) is 13.8. The zero-order chi connectivity index (χ0) is 14.5. The molecule has 19 heavy (non-hydrogen) atoms. The van der Waals surface area contributed by atoms with Crippen LogP contribution in [0.5, 0.6) is 0 Å². The lowest BCUT2D eigenvalue weighted by molar-refractivity contribution is 0.0651. The second-order valence-corrected chi connectivity index (χ2v) is 7.04. The van der Waals surface area contributed by atoms with Crippen molar-refractivity contribution >= 4 is 0 Å². The minimum absolute atomic E-state index is 0.353. The molecule has 0 aromatic carbocycles. The third-order valence-electron chi connectivity index (χ3n) is 4.49. The Bertz CT molecular complexity index is 257. The monoisotopic (exact) mass is 270 g/mol. The Labute approximate surface area is 120 Å². The van der Waals surface area contributed by atoms with Crippen LogP contribution in [0.4, 0.5) is 0 Å². The fourth-order valence-electron chi connectivity index (χ4n) is 2.97. The van der Waals surface area contributed by atoms with Gasteiger partial charge in [-0.3, -0.25) is 0 Å². The summed E-state index contributed by atoms with van der Waals surface area (Å²) in [5, 5.41) is 3.63. The van der Waals surface area contributed by atoms with Gasteiger partial charge in [0.1, 0.15) is 0 Å². The van der Waals surface area contributed by atoms with Crippen LogP contribution in [-0.2, 0) is 4.74 Å². The van der Waals surface area contributed by atoms with E-state index in [4.69, 9.17) is 4.74 Å². The van der Waals surface area contributed by atoms with Crippen LogP contribution in [-0.4, -0.2) is 50.3 Å². The summed E-state index contributed by atoms with van der Waals surface area (Å²) >= 11 is 0. The number of likely N-dealkylation sites (N-methyl/N-ethyl adjacent to an activating group) is 1. The molecule has 0 radical (unpaired) electrons. The van der Waals surface area contributed by atoms with E-state index >= 15 is 0 Å². The van der Waals surface area contributed by atoms with Crippen LogP contribution in [0.2, 0.25) is 0 Å². The predicted molar refractivity (Wildman–Crippen MR) is 82.6 cm³/mol. The third kappa shape index (κ3) is 5.41. The van der Waals surface area contributed by atoms with Crippen molar-refractivity contribution in [3.05, 3.63) is 0 Å². The van der Waals surface area contributed by atoms with Gasteiger partial charge in [-0.1, -0.05) is 27.7 Å². The average Bonchev–Trinajstić information content (AvgIpc) is 2.75. The van der Waals surface area contributed by atoms with Crippen molar-refractivity contribution in [2.24, 2.45) is 11.3 Å². The predicted octanol–water partition coefficient (Wildman–Crippen LogP) is 2.76. The van der Waals surface area contributed by atoms with Gasteiger partial charge in [0.15, 0.2) is 0 Å². The summed E-state index contributed by atoms with van der Waals surface area (Å²) in [5.74, 6) is 0.724. The van der Waals surface area contributed by atoms with E-state index in [1.807, 2.05) is 0 Å². The first kappa shape index (κ1) is 16.9. The van der Waals surface area contributed by atoms with Gasteiger partial charge in [0, 0.05) is 25.7 Å². The molecular weight excluding hydrogens is 236 g/mol. The fourth-order valence-corrected chi connectivity index (χ4v) is 2.97. The van der Waals surface area contributed by atoms with Crippen LogP contribution >= 0.6 is 0 Å². The lowest BCUT2D eigenvalue weighted by Gasteiger charge is -2.37. The Balaban J connectivity index is 2.44. The maximum atomic E-state index is 5.69. The highest BCUT2D eigenvalue weighted by Crippen LogP contribution is 2.26. The molecule has 0 saturated carbocycles. The molecule has 1 N–H and O–H groups in total. The molecule has 3 nitrogen and oxygen atoms in total. The summed E-state index contributed by atoms with van der Waals surface area (Å²) in [6.45, 7) is 15.7. The van der Waals surface area contributed by atoms with Crippen LogP contribution in [0, 0.1) is 11.3 Å². The summed E-state index contributed by atoms with van der Waals surface area (Å²) in [6, 6.07) is 0.593. The number of ether oxygens (including phenoxy) is 1. The first-order valence-corrected chi connectivity index (χ1v) is 7.90. The minimum atomic E-state index is 0.353. The lowest BCUT2D eigenvalue weighted by Crippen LogP contribution is -2.46. The van der Waals surface area contributed by atoms with E-state index in [1.54, 1.807) is 0 Å². The molecule has 0 amide bonds. The van der Waals surface area contributed by atoms with E-state index in [1.165, 1.54) is 12.8 Å². The summed E-state index contributed by atoms with van der Waals surface area (Å²) in [7, 11) is 2.26. The Morgan fingerprint density at radius 1 is 1.42 bits per heavy atom. The maximum Gasteiger partial charge on any atom is 0.0702 e. The van der Waals surface area contributed by atoms with Gasteiger partial charge in [-0.15, -0.1) is 0 Å². The summed E-state index contributed by atoms with van der Waals surface area (Å²) in [6.07, 6.45) is 2.77. The standard InChI is InChI=1S/C16H34N2O/c1-7-16(5,11-17-10-13(2)3)12-18(6)15-8-9-19-14(15)4/h13-15,17H,7-12H2,1-6H3. The Morgan fingerprint density at radius 2 is 2.11 bits per heavy atom. The van der Waals surface area contributed by atoms with Crippen molar-refractivity contribution in [3.8, 4) is 0 Å². The molecule has 1 aliphatic heterocycles. The van der Waals surface area contributed by atoms with Crippen LogP contribution in [0.25, 0.3) is 0 Å². The molecule has 1 saturated heterocycles. The van der Waals surface area contributed by atoms with Crippen molar-refractivity contribution in [1.29, 1.82) is 0 Å². The number of hydrogen-bond acceptors (Lipinski definition) is 3. The van der Waals surface area contributed by atoms with E-state index < -0.39 is 0 Å². The molecule has 3 unspecified atom stereocenters. The molecule has 3 heteroatoms. The van der Waals surface area contributed by atoms with Crippen LogP contribution in [0.15, 0.2) is 0 Å². The quantitative estimate of drug-likeness (QED) is 0.734. The van der Waals surface area contributed by atoms with Gasteiger partial charge in [-0.25, -0.2) is 0 Å². The van der Waals surface area contributed by atoms with Crippen LogP contribution < -0.4 is 5.32 Å². The SMILES string of the molecule is CCC(C)(CNCC(C)C)CN(C)C1CCOC1C. The molecule has 1 heterocycles. The average molecular weight is 270 g/mol. The maximum absolute atomic E-state index is 5.69. The fraction of sp³-hybridized carbons (Fsp3) is 1.00. The lowest BCUT2D eigenvalue weighted by atomic mass is 9.86. The van der Waals surface area contributed by atoms with Gasteiger partial charge < -0.3 is 15.0 Å². The second-order valence-electron chi connectivity index (χ2n) is 7.04. The highest BCUT2D eigenvalue weighted by atomic mass is 16.5. The Kier molecular flexibility index (Phi) is 6.78. The largest absolute Gasteiger partial charge is 0.377 e. The highest BCUT2D eigenvalue weighted by Gasteiger charge is 2.32. The Morgan fingerprint density at radius 3 is 2.58 bits per heavy atom. The van der Waals surface area contributed by atoms with Crippen LogP contribution in [0.1, 0.15) is 47.5 Å². The van der Waals surface area contributed by atoms with E-state index in [9.17, 15) is 0 Å². The smallest absolute Gasteiger partial charge is 0.0702 e. The highest BCUT2D eigenvalue weighted by molar-refractivity contribution is 4.86. The van der Waals surface area contributed by atoms with E-state index in [-0.39, 0.29) is 0 Å². The van der Waals surface area contributed by atoms with Gasteiger partial charge >= 0.3 is 0 Å². The van der Waals surface area contributed by atoms with Gasteiger partial charge in [0.05, 0.1) is 6.10 Å². The summed E-state index contributed by atoms with van der Waals surface area (Å²) in [5.41, 5.74) is 0.353. The summed E-state index contributed by atoms with van der Waals surface area (Å²) < 4.78 is 5.69. The van der Waals surface area contributed by atoms with Gasteiger partial charge in [0.25, 0.3) is 0 Å². The molecule has 0 aromatic heterocycles. The molecular formula is C16H34N2O. The van der Waals surface area contributed by atoms with Crippen molar-refractivity contribution in [2.75, 3.05) is 33.3 Å². The third-order valence-corrected chi connectivity index (χ3v) is 4.49. The van der Waals surface area contributed by atoms with E-state index in [2.05, 4.69) is 51.9 Å². The second kappa shape index (κ2) is 7.61. The molecule has 1 rings (SSSR count). The first-order chi connectivity index (χ1) is 8.88.